The van der Waals surface area contributed by atoms with Crippen molar-refractivity contribution in [2.75, 3.05) is 7.11 Å². The zero-order chi connectivity index (χ0) is 14.6. The normalized spacial score (nSPS) is 41.1. The van der Waals surface area contributed by atoms with Crippen LogP contribution < -0.4 is 4.74 Å². The van der Waals surface area contributed by atoms with Gasteiger partial charge in [-0.1, -0.05) is 13.0 Å². The zero-order valence-corrected chi connectivity index (χ0v) is 14.0. The molecule has 2 saturated carbocycles. The van der Waals surface area contributed by atoms with E-state index < -0.39 is 0 Å². The smallest absolute Gasteiger partial charge is 0.119 e. The van der Waals surface area contributed by atoms with E-state index in [1.54, 1.807) is 18.2 Å². The molecule has 0 spiro atoms. The molecule has 0 heterocycles. The zero-order valence-electron chi connectivity index (χ0n) is 13.1. The van der Waals surface area contributed by atoms with Crippen molar-refractivity contribution in [3.8, 4) is 5.75 Å². The van der Waals surface area contributed by atoms with E-state index in [1.165, 1.54) is 38.5 Å². The molecule has 2 heteroatoms. The van der Waals surface area contributed by atoms with Crippen molar-refractivity contribution in [2.24, 2.45) is 17.3 Å². The summed E-state index contributed by atoms with van der Waals surface area (Å²) in [7, 11) is 1.77. The van der Waals surface area contributed by atoms with Crippen LogP contribution in [0.2, 0.25) is 0 Å². The number of aryl methyl sites for hydroxylation is 1. The Morgan fingerprint density at radius 2 is 2.05 bits per heavy atom. The molecule has 1 aromatic rings. The van der Waals surface area contributed by atoms with Gasteiger partial charge in [-0.25, -0.2) is 0 Å². The van der Waals surface area contributed by atoms with Crippen LogP contribution in [-0.4, -0.2) is 12.4 Å². The highest BCUT2D eigenvalue weighted by molar-refractivity contribution is 7.81. The molecule has 2 fully saturated rings. The van der Waals surface area contributed by atoms with Gasteiger partial charge in [-0.05, 0) is 85.0 Å². The second kappa shape index (κ2) is 4.94. The molecule has 0 saturated heterocycles. The second-order valence-electron chi connectivity index (χ2n) is 7.62. The quantitative estimate of drug-likeness (QED) is 0.730. The molecular weight excluding hydrogens is 276 g/mol. The van der Waals surface area contributed by atoms with Crippen LogP contribution in [0.25, 0.3) is 0 Å². The summed E-state index contributed by atoms with van der Waals surface area (Å²) >= 11 is 4.92. The first-order chi connectivity index (χ1) is 10.1. The number of thiol groups is 1. The van der Waals surface area contributed by atoms with Crippen LogP contribution in [0.3, 0.4) is 0 Å². The summed E-state index contributed by atoms with van der Waals surface area (Å²) in [5.41, 5.74) is 3.66. The van der Waals surface area contributed by atoms with Gasteiger partial charge in [0.15, 0.2) is 0 Å². The third-order valence-corrected chi connectivity index (χ3v) is 7.73. The summed E-state index contributed by atoms with van der Waals surface area (Å²) in [5, 5.41) is 0.626. The Balaban J connectivity index is 1.68. The fourth-order valence-electron chi connectivity index (χ4n) is 5.66. The third kappa shape index (κ3) is 1.98. The van der Waals surface area contributed by atoms with Gasteiger partial charge in [0, 0.05) is 5.25 Å². The minimum Gasteiger partial charge on any atom is -0.497 e. The van der Waals surface area contributed by atoms with Gasteiger partial charge in [-0.3, -0.25) is 0 Å². The first-order valence-corrected chi connectivity index (χ1v) is 9.00. The minimum absolute atomic E-state index is 0.494. The van der Waals surface area contributed by atoms with E-state index >= 15 is 0 Å². The molecule has 3 aliphatic carbocycles. The summed E-state index contributed by atoms with van der Waals surface area (Å²) in [6.45, 7) is 2.52. The van der Waals surface area contributed by atoms with Crippen LogP contribution in [0.15, 0.2) is 18.2 Å². The van der Waals surface area contributed by atoms with Crippen molar-refractivity contribution in [3.63, 3.8) is 0 Å². The number of ether oxygens (including phenoxy) is 1. The highest BCUT2D eigenvalue weighted by Gasteiger charge is 2.53. The number of methoxy groups -OCH3 is 1. The molecule has 21 heavy (non-hydrogen) atoms. The number of fused-ring (bicyclic) bond motifs is 5. The first-order valence-electron chi connectivity index (χ1n) is 8.48. The highest BCUT2D eigenvalue weighted by Crippen LogP contribution is 2.62. The molecule has 0 N–H and O–H groups in total. The van der Waals surface area contributed by atoms with Crippen molar-refractivity contribution in [1.29, 1.82) is 0 Å². The maximum absolute atomic E-state index is 5.41. The monoisotopic (exact) mass is 302 g/mol. The lowest BCUT2D eigenvalue weighted by molar-refractivity contribution is 0.0633. The van der Waals surface area contributed by atoms with E-state index in [-0.39, 0.29) is 0 Å². The number of hydrogen-bond acceptors (Lipinski definition) is 2. The summed E-state index contributed by atoms with van der Waals surface area (Å²) in [5.74, 6) is 3.59. The maximum atomic E-state index is 5.41. The van der Waals surface area contributed by atoms with E-state index in [0.717, 1.165) is 23.5 Å². The van der Waals surface area contributed by atoms with Crippen LogP contribution >= 0.6 is 12.6 Å². The fraction of sp³-hybridized carbons (Fsp3) is 0.684. The third-order valence-electron chi connectivity index (χ3n) is 6.88. The molecule has 3 aliphatic rings. The summed E-state index contributed by atoms with van der Waals surface area (Å²) < 4.78 is 5.41. The summed E-state index contributed by atoms with van der Waals surface area (Å²) in [6.07, 6.45) is 8.04. The lowest BCUT2D eigenvalue weighted by Gasteiger charge is -2.50. The number of hydrogen-bond donors (Lipinski definition) is 1. The largest absolute Gasteiger partial charge is 0.497 e. The Hall–Kier alpha value is -0.630. The fourth-order valence-corrected chi connectivity index (χ4v) is 6.13. The van der Waals surface area contributed by atoms with E-state index in [1.807, 2.05) is 0 Å². The lowest BCUT2D eigenvalue weighted by atomic mass is 9.56. The van der Waals surface area contributed by atoms with Crippen LogP contribution in [0, 0.1) is 17.3 Å². The van der Waals surface area contributed by atoms with Gasteiger partial charge in [-0.15, -0.1) is 0 Å². The number of benzene rings is 1. The summed E-state index contributed by atoms with van der Waals surface area (Å²) in [6, 6.07) is 6.78. The van der Waals surface area contributed by atoms with E-state index in [4.69, 9.17) is 17.4 Å². The highest BCUT2D eigenvalue weighted by atomic mass is 32.1. The van der Waals surface area contributed by atoms with Crippen molar-refractivity contribution >= 4 is 12.6 Å². The Kier molecular flexibility index (Phi) is 3.29. The molecule has 114 valence electrons. The van der Waals surface area contributed by atoms with Crippen molar-refractivity contribution in [1.82, 2.24) is 0 Å². The molecule has 4 rings (SSSR count). The predicted octanol–water partition coefficient (Wildman–Crippen LogP) is 4.85. The van der Waals surface area contributed by atoms with Gasteiger partial charge >= 0.3 is 0 Å². The molecule has 0 aromatic heterocycles. The van der Waals surface area contributed by atoms with Crippen LogP contribution in [0.1, 0.15) is 56.1 Å². The average Bonchev–Trinajstić information content (AvgIpc) is 2.82. The van der Waals surface area contributed by atoms with Crippen LogP contribution in [0.4, 0.5) is 0 Å². The molecule has 0 aliphatic heterocycles. The molecule has 0 bridgehead atoms. The summed E-state index contributed by atoms with van der Waals surface area (Å²) in [4.78, 5) is 0. The Bertz CT molecular complexity index is 554. The maximum Gasteiger partial charge on any atom is 0.119 e. The van der Waals surface area contributed by atoms with Crippen LogP contribution in [0.5, 0.6) is 5.75 Å². The molecular formula is C19H26OS. The van der Waals surface area contributed by atoms with Crippen molar-refractivity contribution < 1.29 is 4.74 Å². The SMILES string of the molecule is COc1ccc2c(c1)CC[C@H]1[C@@H]2CC[C@]2(C)[C@@H](S)CC[C@@H]12. The minimum atomic E-state index is 0.494. The van der Waals surface area contributed by atoms with E-state index in [9.17, 15) is 0 Å². The van der Waals surface area contributed by atoms with Crippen LogP contribution in [-0.2, 0) is 6.42 Å². The second-order valence-corrected chi connectivity index (χ2v) is 8.24. The van der Waals surface area contributed by atoms with E-state index in [2.05, 4.69) is 25.1 Å². The van der Waals surface area contributed by atoms with Gasteiger partial charge in [0.25, 0.3) is 0 Å². The lowest BCUT2D eigenvalue weighted by Crippen LogP contribution is -2.42. The predicted molar refractivity (Wildman–Crippen MR) is 90.4 cm³/mol. The standard InChI is InChI=1S/C19H26OS/c1-19-10-9-15-14-6-4-13(20-2)11-12(14)3-5-16(15)17(19)7-8-18(19)21/h4,6,11,15-18,21H,3,5,7-10H2,1-2H3/t15-,16+,17+,18+,19+/m1/s1. The Labute approximate surface area is 133 Å². The molecule has 1 aromatic carbocycles. The average molecular weight is 302 g/mol. The number of rotatable bonds is 1. The Morgan fingerprint density at radius 1 is 1.19 bits per heavy atom. The molecule has 1 nitrogen and oxygen atoms in total. The van der Waals surface area contributed by atoms with Gasteiger partial charge in [-0.2, -0.15) is 12.6 Å². The van der Waals surface area contributed by atoms with Crippen molar-refractivity contribution in [3.05, 3.63) is 29.3 Å². The van der Waals surface area contributed by atoms with Gasteiger partial charge < -0.3 is 4.74 Å². The topological polar surface area (TPSA) is 9.23 Å². The van der Waals surface area contributed by atoms with Gasteiger partial charge in [0.1, 0.15) is 5.75 Å². The first kappa shape index (κ1) is 14.0. The van der Waals surface area contributed by atoms with Crippen molar-refractivity contribution in [2.45, 2.75) is 56.6 Å². The van der Waals surface area contributed by atoms with Gasteiger partial charge in [0.2, 0.25) is 0 Å². The molecule has 5 atom stereocenters. The van der Waals surface area contributed by atoms with Gasteiger partial charge in [0.05, 0.1) is 7.11 Å². The molecule has 0 amide bonds. The Morgan fingerprint density at radius 3 is 2.86 bits per heavy atom. The molecule has 0 unspecified atom stereocenters. The molecule has 0 radical (unpaired) electrons. The van der Waals surface area contributed by atoms with E-state index in [0.29, 0.717) is 10.7 Å².